The summed E-state index contributed by atoms with van der Waals surface area (Å²) in [6.45, 7) is 6.40. The Labute approximate surface area is 114 Å². The molecule has 1 aliphatic carbocycles. The third-order valence-corrected chi connectivity index (χ3v) is 4.26. The smallest absolute Gasteiger partial charge is 0.130 e. The molecule has 0 bridgehead atoms. The van der Waals surface area contributed by atoms with Crippen LogP contribution in [0.4, 0.5) is 8.78 Å². The van der Waals surface area contributed by atoms with Gasteiger partial charge in [-0.15, -0.1) is 0 Å². The van der Waals surface area contributed by atoms with Crippen molar-refractivity contribution < 1.29 is 8.78 Å². The fourth-order valence-corrected chi connectivity index (χ4v) is 2.93. The molecule has 19 heavy (non-hydrogen) atoms. The van der Waals surface area contributed by atoms with Gasteiger partial charge in [0, 0.05) is 17.6 Å². The molecule has 0 heterocycles. The predicted molar refractivity (Wildman–Crippen MR) is 73.9 cm³/mol. The summed E-state index contributed by atoms with van der Waals surface area (Å²) in [6, 6.07) is 4.12. The highest BCUT2D eigenvalue weighted by Gasteiger charge is 2.28. The van der Waals surface area contributed by atoms with Crippen LogP contribution in [0, 0.1) is 17.0 Å². The average Bonchev–Trinajstić information content (AvgIpc) is 2.32. The van der Waals surface area contributed by atoms with Gasteiger partial charge in [-0.05, 0) is 50.2 Å². The second-order valence-corrected chi connectivity index (χ2v) is 6.46. The molecule has 0 aromatic heterocycles. The number of hydrogen-bond donors (Lipinski definition) is 1. The van der Waals surface area contributed by atoms with Gasteiger partial charge in [-0.25, -0.2) is 8.78 Å². The summed E-state index contributed by atoms with van der Waals surface area (Å²) in [5, 5.41) is 3.37. The van der Waals surface area contributed by atoms with E-state index in [1.165, 1.54) is 18.2 Å². The van der Waals surface area contributed by atoms with Crippen molar-refractivity contribution in [1.82, 2.24) is 5.32 Å². The van der Waals surface area contributed by atoms with E-state index in [1.807, 2.05) is 6.92 Å². The van der Waals surface area contributed by atoms with Crippen LogP contribution >= 0.6 is 0 Å². The maximum Gasteiger partial charge on any atom is 0.130 e. The summed E-state index contributed by atoms with van der Waals surface area (Å²) in [5.74, 6) is -0.924. The second kappa shape index (κ2) is 5.58. The largest absolute Gasteiger partial charge is 0.307 e. The Kier molecular flexibility index (Phi) is 4.24. The lowest BCUT2D eigenvalue weighted by Gasteiger charge is -2.36. The van der Waals surface area contributed by atoms with Gasteiger partial charge in [-0.2, -0.15) is 0 Å². The van der Waals surface area contributed by atoms with Crippen LogP contribution < -0.4 is 5.32 Å². The molecule has 106 valence electrons. The van der Waals surface area contributed by atoms with Gasteiger partial charge in [0.05, 0.1) is 0 Å². The Morgan fingerprint density at radius 1 is 1.16 bits per heavy atom. The standard InChI is InChI=1S/C16H23F2N/c1-11(15-13(17)5-4-6-14(15)18)19-12-7-9-16(2,3)10-8-12/h4-6,11-12,19H,7-10H2,1-3H3. The van der Waals surface area contributed by atoms with Gasteiger partial charge >= 0.3 is 0 Å². The van der Waals surface area contributed by atoms with Crippen molar-refractivity contribution in [2.24, 2.45) is 5.41 Å². The van der Waals surface area contributed by atoms with Crippen molar-refractivity contribution in [3.63, 3.8) is 0 Å². The zero-order chi connectivity index (χ0) is 14.0. The summed E-state index contributed by atoms with van der Waals surface area (Å²) in [7, 11) is 0. The first kappa shape index (κ1) is 14.4. The molecule has 0 radical (unpaired) electrons. The minimum Gasteiger partial charge on any atom is -0.307 e. The highest BCUT2D eigenvalue weighted by molar-refractivity contribution is 5.22. The van der Waals surface area contributed by atoms with Gasteiger partial charge in [-0.1, -0.05) is 19.9 Å². The molecule has 0 amide bonds. The average molecular weight is 267 g/mol. The molecule has 1 unspecified atom stereocenters. The van der Waals surface area contributed by atoms with Crippen molar-refractivity contribution in [3.05, 3.63) is 35.4 Å². The molecule has 1 nitrogen and oxygen atoms in total. The highest BCUT2D eigenvalue weighted by Crippen LogP contribution is 2.36. The molecule has 1 atom stereocenters. The summed E-state index contributed by atoms with van der Waals surface area (Å²) >= 11 is 0. The van der Waals surface area contributed by atoms with Crippen molar-refractivity contribution >= 4 is 0 Å². The van der Waals surface area contributed by atoms with Crippen LogP contribution in [-0.4, -0.2) is 6.04 Å². The van der Waals surface area contributed by atoms with Gasteiger partial charge in [0.1, 0.15) is 11.6 Å². The summed E-state index contributed by atoms with van der Waals surface area (Å²) in [5.41, 5.74) is 0.567. The van der Waals surface area contributed by atoms with Crippen LogP contribution in [0.5, 0.6) is 0 Å². The number of nitrogens with one attached hydrogen (secondary N) is 1. The van der Waals surface area contributed by atoms with Gasteiger partial charge in [-0.3, -0.25) is 0 Å². The molecule has 0 saturated heterocycles. The Balaban J connectivity index is 2.00. The molecule has 1 saturated carbocycles. The molecule has 3 heteroatoms. The first-order valence-corrected chi connectivity index (χ1v) is 7.09. The van der Waals surface area contributed by atoms with Gasteiger partial charge in [0.25, 0.3) is 0 Å². The first-order valence-electron chi connectivity index (χ1n) is 7.09. The molecular formula is C16H23F2N. The first-order chi connectivity index (χ1) is 8.89. The summed E-state index contributed by atoms with van der Waals surface area (Å²) < 4.78 is 27.4. The molecular weight excluding hydrogens is 244 g/mol. The third kappa shape index (κ3) is 3.53. The summed E-state index contributed by atoms with van der Waals surface area (Å²) in [6.07, 6.45) is 4.48. The van der Waals surface area contributed by atoms with Crippen molar-refractivity contribution in [3.8, 4) is 0 Å². The molecule has 1 aromatic carbocycles. The van der Waals surface area contributed by atoms with E-state index in [2.05, 4.69) is 19.2 Å². The van der Waals surface area contributed by atoms with Crippen LogP contribution in [0.15, 0.2) is 18.2 Å². The lowest BCUT2D eigenvalue weighted by molar-refractivity contribution is 0.199. The van der Waals surface area contributed by atoms with Gasteiger partial charge in [0.15, 0.2) is 0 Å². The molecule has 1 N–H and O–H groups in total. The normalized spacial score (nSPS) is 21.3. The molecule has 1 aliphatic rings. The molecule has 2 rings (SSSR count). The molecule has 0 aliphatic heterocycles. The zero-order valence-electron chi connectivity index (χ0n) is 12.0. The zero-order valence-corrected chi connectivity index (χ0v) is 12.0. The maximum atomic E-state index is 13.7. The Hall–Kier alpha value is -0.960. The lowest BCUT2D eigenvalue weighted by atomic mass is 9.75. The highest BCUT2D eigenvalue weighted by atomic mass is 19.1. The lowest BCUT2D eigenvalue weighted by Crippen LogP contribution is -2.37. The molecule has 0 spiro atoms. The number of hydrogen-bond acceptors (Lipinski definition) is 1. The monoisotopic (exact) mass is 267 g/mol. The number of benzene rings is 1. The van der Waals surface area contributed by atoms with Crippen LogP contribution in [0.2, 0.25) is 0 Å². The minimum absolute atomic E-state index is 0.160. The van der Waals surface area contributed by atoms with Crippen molar-refractivity contribution in [2.45, 2.75) is 58.5 Å². The van der Waals surface area contributed by atoms with Crippen LogP contribution in [0.25, 0.3) is 0 Å². The van der Waals surface area contributed by atoms with Crippen molar-refractivity contribution in [1.29, 1.82) is 0 Å². The molecule has 1 aromatic rings. The van der Waals surface area contributed by atoms with Crippen molar-refractivity contribution in [2.75, 3.05) is 0 Å². The topological polar surface area (TPSA) is 12.0 Å². The third-order valence-electron chi connectivity index (χ3n) is 4.26. The fourth-order valence-electron chi connectivity index (χ4n) is 2.93. The molecule has 1 fully saturated rings. The van der Waals surface area contributed by atoms with Crippen LogP contribution in [0.1, 0.15) is 58.1 Å². The van der Waals surface area contributed by atoms with E-state index in [0.29, 0.717) is 11.5 Å². The van der Waals surface area contributed by atoms with E-state index >= 15 is 0 Å². The number of rotatable bonds is 3. The van der Waals surface area contributed by atoms with Gasteiger partial charge < -0.3 is 5.32 Å². The van der Waals surface area contributed by atoms with E-state index in [4.69, 9.17) is 0 Å². The SMILES string of the molecule is CC(NC1CCC(C)(C)CC1)c1c(F)cccc1F. The minimum atomic E-state index is -0.462. The summed E-state index contributed by atoms with van der Waals surface area (Å²) in [4.78, 5) is 0. The number of halogens is 2. The Bertz CT molecular complexity index is 412. The Morgan fingerprint density at radius 3 is 2.21 bits per heavy atom. The van der Waals surface area contributed by atoms with E-state index in [1.54, 1.807) is 0 Å². The van der Waals surface area contributed by atoms with E-state index in [-0.39, 0.29) is 11.6 Å². The van der Waals surface area contributed by atoms with Crippen LogP contribution in [-0.2, 0) is 0 Å². The van der Waals surface area contributed by atoms with E-state index in [9.17, 15) is 8.78 Å². The van der Waals surface area contributed by atoms with E-state index < -0.39 is 11.6 Å². The van der Waals surface area contributed by atoms with Gasteiger partial charge in [0.2, 0.25) is 0 Å². The van der Waals surface area contributed by atoms with Crippen LogP contribution in [0.3, 0.4) is 0 Å². The Morgan fingerprint density at radius 2 is 1.68 bits per heavy atom. The second-order valence-electron chi connectivity index (χ2n) is 6.46. The van der Waals surface area contributed by atoms with E-state index in [0.717, 1.165) is 25.7 Å². The maximum absolute atomic E-state index is 13.7. The quantitative estimate of drug-likeness (QED) is 0.845. The fraction of sp³-hybridized carbons (Fsp3) is 0.625. The predicted octanol–water partition coefficient (Wildman–Crippen LogP) is 4.58.